The van der Waals surface area contributed by atoms with Crippen LogP contribution in [0.3, 0.4) is 0 Å². The van der Waals surface area contributed by atoms with Crippen molar-refractivity contribution >= 4 is 0 Å². The number of hydrogen-bond donors (Lipinski definition) is 0. The number of benzene rings is 1. The fourth-order valence-corrected chi connectivity index (χ4v) is 2.13. The van der Waals surface area contributed by atoms with E-state index in [0.29, 0.717) is 0 Å². The molecule has 1 heterocycles. The molecule has 3 heteroatoms. The zero-order valence-corrected chi connectivity index (χ0v) is 10.3. The summed E-state index contributed by atoms with van der Waals surface area (Å²) in [7, 11) is 4.45. The molecule has 0 bridgehead atoms. The fraction of sp³-hybridized carbons (Fsp3) is 0.500. The number of hydrogen-bond acceptors (Lipinski definition) is 1. The van der Waals surface area contributed by atoms with Gasteiger partial charge in [0, 0.05) is 0 Å². The van der Waals surface area contributed by atoms with Gasteiger partial charge in [-0.15, -0.1) is 0 Å². The van der Waals surface area contributed by atoms with Gasteiger partial charge in [0.05, 0.1) is 26.2 Å². The monoisotopic (exact) mass is 227 g/mol. The predicted molar refractivity (Wildman–Crippen MR) is 57.1 cm³/mol. The van der Waals surface area contributed by atoms with Crippen LogP contribution in [0.25, 0.3) is 0 Å². The highest BCUT2D eigenvalue weighted by Crippen LogP contribution is 2.42. The number of fused-ring (bicyclic) bond motifs is 1. The van der Waals surface area contributed by atoms with E-state index in [0.717, 1.165) is 16.8 Å². The van der Waals surface area contributed by atoms with Gasteiger partial charge in [-0.3, -0.25) is 4.48 Å². The van der Waals surface area contributed by atoms with E-state index in [9.17, 15) is 0 Å². The maximum absolute atomic E-state index is 5.77. The lowest BCUT2D eigenvalue weighted by molar-refractivity contribution is -0.944. The van der Waals surface area contributed by atoms with Gasteiger partial charge in [-0.2, -0.15) is 0 Å². The standard InChI is InChI=1S/C12H18NO.ClH/c1-4-9-13(2,3)12-10-7-5-6-8-11(10)14-12;/h5-8,12H,4,9H2,1-3H3;1H/q+1;/p-1. The second-order valence-electron chi connectivity index (χ2n) is 4.51. The van der Waals surface area contributed by atoms with Crippen molar-refractivity contribution in [3.8, 4) is 5.75 Å². The van der Waals surface area contributed by atoms with Crippen LogP contribution in [-0.2, 0) is 0 Å². The third-order valence-electron chi connectivity index (χ3n) is 2.86. The first-order valence-electron chi connectivity index (χ1n) is 5.23. The Bertz CT molecular complexity index is 338. The summed E-state index contributed by atoms with van der Waals surface area (Å²) in [6, 6.07) is 8.31. The lowest BCUT2D eigenvalue weighted by Gasteiger charge is -2.43. The molecule has 0 aliphatic carbocycles. The van der Waals surface area contributed by atoms with Crippen molar-refractivity contribution in [2.45, 2.75) is 19.6 Å². The van der Waals surface area contributed by atoms with Gasteiger partial charge in [0.2, 0.25) is 0 Å². The van der Waals surface area contributed by atoms with Crippen molar-refractivity contribution < 1.29 is 21.6 Å². The van der Waals surface area contributed by atoms with Crippen LogP contribution in [0.1, 0.15) is 25.1 Å². The summed E-state index contributed by atoms with van der Waals surface area (Å²) in [6.45, 7) is 3.36. The SMILES string of the molecule is CCC[N+](C)(C)C1Oc2ccccc21.[Cl-]. The Morgan fingerprint density at radius 1 is 1.27 bits per heavy atom. The molecule has 1 aromatic carbocycles. The van der Waals surface area contributed by atoms with Crippen molar-refractivity contribution in [3.05, 3.63) is 29.8 Å². The van der Waals surface area contributed by atoms with Gasteiger partial charge < -0.3 is 17.1 Å². The average Bonchev–Trinajstić information content (AvgIpc) is 2.06. The molecule has 15 heavy (non-hydrogen) atoms. The van der Waals surface area contributed by atoms with E-state index in [1.165, 1.54) is 12.0 Å². The van der Waals surface area contributed by atoms with Crippen molar-refractivity contribution in [2.75, 3.05) is 20.6 Å². The summed E-state index contributed by atoms with van der Waals surface area (Å²) in [5, 5.41) is 0. The van der Waals surface area contributed by atoms with E-state index in [2.05, 4.69) is 33.2 Å². The van der Waals surface area contributed by atoms with Crippen molar-refractivity contribution in [3.63, 3.8) is 0 Å². The minimum absolute atomic E-state index is 0. The number of para-hydroxylation sites is 1. The van der Waals surface area contributed by atoms with Gasteiger partial charge in [-0.25, -0.2) is 0 Å². The molecule has 1 aromatic rings. The van der Waals surface area contributed by atoms with E-state index in [4.69, 9.17) is 4.74 Å². The van der Waals surface area contributed by atoms with Gasteiger partial charge in [-0.05, 0) is 18.6 Å². The highest BCUT2D eigenvalue weighted by molar-refractivity contribution is 5.40. The Kier molecular flexibility index (Phi) is 3.63. The Hall–Kier alpha value is -0.730. The molecule has 1 atom stereocenters. The lowest BCUT2D eigenvalue weighted by Crippen LogP contribution is -3.00. The van der Waals surface area contributed by atoms with Gasteiger partial charge in [0.1, 0.15) is 5.75 Å². The van der Waals surface area contributed by atoms with Gasteiger partial charge in [-0.1, -0.05) is 19.1 Å². The summed E-state index contributed by atoms with van der Waals surface area (Å²) >= 11 is 0. The van der Waals surface area contributed by atoms with E-state index >= 15 is 0 Å². The summed E-state index contributed by atoms with van der Waals surface area (Å²) in [6.07, 6.45) is 1.43. The molecule has 84 valence electrons. The Morgan fingerprint density at radius 3 is 2.53 bits per heavy atom. The second-order valence-corrected chi connectivity index (χ2v) is 4.51. The maximum atomic E-state index is 5.77. The quantitative estimate of drug-likeness (QED) is 0.637. The molecule has 0 aromatic heterocycles. The third kappa shape index (κ3) is 2.11. The summed E-state index contributed by atoms with van der Waals surface area (Å²) in [4.78, 5) is 0. The van der Waals surface area contributed by atoms with Crippen LogP contribution in [0.5, 0.6) is 5.75 Å². The predicted octanol–water partition coefficient (Wildman–Crippen LogP) is -0.432. The minimum atomic E-state index is 0. The molecule has 1 aliphatic rings. The molecule has 0 saturated carbocycles. The molecule has 0 saturated heterocycles. The molecule has 0 radical (unpaired) electrons. The Morgan fingerprint density at radius 2 is 1.93 bits per heavy atom. The minimum Gasteiger partial charge on any atom is -1.00 e. The first-order valence-corrected chi connectivity index (χ1v) is 5.23. The first kappa shape index (κ1) is 12.3. The molecule has 2 nitrogen and oxygen atoms in total. The smallest absolute Gasteiger partial charge is 0.263 e. The van der Waals surface area contributed by atoms with Gasteiger partial charge >= 0.3 is 0 Å². The summed E-state index contributed by atoms with van der Waals surface area (Å²) in [5.41, 5.74) is 1.35. The van der Waals surface area contributed by atoms with Crippen molar-refractivity contribution in [1.29, 1.82) is 0 Å². The Balaban J connectivity index is 0.00000112. The number of nitrogens with zero attached hydrogens (tertiary/aromatic N) is 1. The van der Waals surface area contributed by atoms with Crippen LogP contribution < -0.4 is 17.1 Å². The molecular formula is C12H18ClNO. The number of halogens is 1. The van der Waals surface area contributed by atoms with Crippen LogP contribution in [0.2, 0.25) is 0 Å². The molecule has 1 aliphatic heterocycles. The third-order valence-corrected chi connectivity index (χ3v) is 2.86. The van der Waals surface area contributed by atoms with Crippen LogP contribution in [0.15, 0.2) is 24.3 Å². The van der Waals surface area contributed by atoms with Gasteiger partial charge in [0.25, 0.3) is 6.23 Å². The van der Waals surface area contributed by atoms with E-state index < -0.39 is 0 Å². The molecule has 0 amide bonds. The molecule has 0 N–H and O–H groups in total. The van der Waals surface area contributed by atoms with Gasteiger partial charge in [0.15, 0.2) is 0 Å². The topological polar surface area (TPSA) is 9.23 Å². The van der Waals surface area contributed by atoms with E-state index in [1.54, 1.807) is 0 Å². The molecule has 0 fully saturated rings. The zero-order chi connectivity index (χ0) is 10.2. The maximum Gasteiger partial charge on any atom is 0.263 e. The molecule has 0 spiro atoms. The fourth-order valence-electron chi connectivity index (χ4n) is 2.13. The van der Waals surface area contributed by atoms with Crippen LogP contribution >= 0.6 is 0 Å². The Labute approximate surface area is 97.9 Å². The summed E-state index contributed by atoms with van der Waals surface area (Å²) < 4.78 is 6.70. The normalized spacial score (nSPS) is 18.2. The van der Waals surface area contributed by atoms with Crippen LogP contribution in [0, 0.1) is 0 Å². The molecule has 2 rings (SSSR count). The highest BCUT2D eigenvalue weighted by Gasteiger charge is 2.40. The summed E-state index contributed by atoms with van der Waals surface area (Å²) in [5.74, 6) is 1.06. The van der Waals surface area contributed by atoms with E-state index in [1.807, 2.05) is 12.1 Å². The number of rotatable bonds is 3. The van der Waals surface area contributed by atoms with Crippen LogP contribution in [-0.4, -0.2) is 25.1 Å². The second kappa shape index (κ2) is 4.42. The van der Waals surface area contributed by atoms with E-state index in [-0.39, 0.29) is 18.6 Å². The number of quaternary nitrogens is 1. The van der Waals surface area contributed by atoms with Crippen molar-refractivity contribution in [2.24, 2.45) is 0 Å². The molecular weight excluding hydrogens is 210 g/mol. The average molecular weight is 228 g/mol. The zero-order valence-electron chi connectivity index (χ0n) is 9.53. The van der Waals surface area contributed by atoms with Crippen LogP contribution in [0.4, 0.5) is 0 Å². The molecule has 1 unspecified atom stereocenters. The lowest BCUT2D eigenvalue weighted by atomic mass is 10.1. The largest absolute Gasteiger partial charge is 1.00 e. The first-order chi connectivity index (χ1) is 6.65. The number of ether oxygens (including phenoxy) is 1. The highest BCUT2D eigenvalue weighted by atomic mass is 35.5. The van der Waals surface area contributed by atoms with Crippen molar-refractivity contribution in [1.82, 2.24) is 0 Å².